The summed E-state index contributed by atoms with van der Waals surface area (Å²) >= 11 is 0. The number of carbonyl (C=O) groups excluding carboxylic acids is 1. The topological polar surface area (TPSA) is 82.2 Å². The second-order valence-electron chi connectivity index (χ2n) is 5.70. The van der Waals surface area contributed by atoms with E-state index in [9.17, 15) is 4.79 Å². The molecule has 1 aromatic heterocycles. The number of ether oxygens (including phenoxy) is 4. The van der Waals surface area contributed by atoms with Gasteiger partial charge in [-0.1, -0.05) is 0 Å². The first kappa shape index (κ1) is 17.5. The predicted octanol–water partition coefficient (Wildman–Crippen LogP) is 0.980. The van der Waals surface area contributed by atoms with Crippen LogP contribution in [-0.2, 0) is 14.3 Å². The van der Waals surface area contributed by atoms with Crippen molar-refractivity contribution in [1.82, 2.24) is 15.4 Å². The van der Waals surface area contributed by atoms with E-state index in [-0.39, 0.29) is 12.1 Å². The Morgan fingerprint density at radius 3 is 2.84 bits per heavy atom. The van der Waals surface area contributed by atoms with Crippen LogP contribution in [0.25, 0.3) is 5.70 Å². The van der Waals surface area contributed by atoms with Crippen molar-refractivity contribution in [1.29, 1.82) is 0 Å². The number of esters is 1. The van der Waals surface area contributed by atoms with Gasteiger partial charge in [-0.05, 0) is 19.9 Å². The van der Waals surface area contributed by atoms with E-state index >= 15 is 0 Å². The normalized spacial score (nSPS) is 20.0. The zero-order chi connectivity index (χ0) is 17.8. The summed E-state index contributed by atoms with van der Waals surface area (Å²) in [7, 11) is 1.83. The highest BCUT2D eigenvalue weighted by molar-refractivity contribution is 5.84. The van der Waals surface area contributed by atoms with Crippen molar-refractivity contribution in [2.75, 3.05) is 33.5 Å². The Morgan fingerprint density at radius 2 is 2.20 bits per heavy atom. The van der Waals surface area contributed by atoms with Gasteiger partial charge in [-0.25, -0.2) is 15.2 Å². The molecular weight excluding hydrogens is 326 g/mol. The molecule has 2 aliphatic rings. The van der Waals surface area contributed by atoms with Crippen LogP contribution in [-0.4, -0.2) is 61.6 Å². The molecule has 1 N–H and O–H groups in total. The van der Waals surface area contributed by atoms with Gasteiger partial charge in [-0.2, -0.15) is 0 Å². The molecule has 1 fully saturated rings. The third-order valence-corrected chi connectivity index (χ3v) is 3.87. The van der Waals surface area contributed by atoms with Crippen LogP contribution < -0.4 is 14.9 Å². The molecule has 0 amide bonds. The lowest BCUT2D eigenvalue weighted by Crippen LogP contribution is -2.40. The van der Waals surface area contributed by atoms with Gasteiger partial charge in [0.15, 0.2) is 0 Å². The molecule has 8 heteroatoms. The summed E-state index contributed by atoms with van der Waals surface area (Å²) in [5, 5.41) is 1.77. The maximum atomic E-state index is 12.0. The van der Waals surface area contributed by atoms with Crippen molar-refractivity contribution < 1.29 is 23.7 Å². The number of hydrogen-bond donors (Lipinski definition) is 1. The average Bonchev–Trinajstić information content (AvgIpc) is 2.94. The van der Waals surface area contributed by atoms with Crippen LogP contribution in [0.4, 0.5) is 0 Å². The molecule has 25 heavy (non-hydrogen) atoms. The van der Waals surface area contributed by atoms with E-state index in [1.807, 2.05) is 14.0 Å². The Hall–Kier alpha value is -2.32. The van der Waals surface area contributed by atoms with Gasteiger partial charge in [-0.3, -0.25) is 0 Å². The highest BCUT2D eigenvalue weighted by Gasteiger charge is 2.30. The van der Waals surface area contributed by atoms with E-state index in [1.165, 1.54) is 0 Å². The standard InChI is InChI=1S/C17H23N3O5/c1-4-23-16-7-15(25-11-9-22-10-11)12(8-18-16)14-6-13(19-20(14)3)17(21)24-5-2/h6-8,11,13,19H,4-5,9-10H2,1-3H3. The summed E-state index contributed by atoms with van der Waals surface area (Å²) in [5.41, 5.74) is 4.63. The number of hydrazine groups is 1. The molecule has 0 radical (unpaired) electrons. The Kier molecular flexibility index (Phi) is 5.40. The third-order valence-electron chi connectivity index (χ3n) is 3.87. The van der Waals surface area contributed by atoms with E-state index in [0.717, 1.165) is 11.3 Å². The summed E-state index contributed by atoms with van der Waals surface area (Å²) in [6.07, 6.45) is 3.51. The molecular formula is C17H23N3O5. The first-order valence-electron chi connectivity index (χ1n) is 8.38. The van der Waals surface area contributed by atoms with E-state index in [1.54, 1.807) is 30.3 Å². The number of hydrogen-bond acceptors (Lipinski definition) is 8. The van der Waals surface area contributed by atoms with Crippen molar-refractivity contribution in [3.05, 3.63) is 23.9 Å². The Labute approximate surface area is 146 Å². The van der Waals surface area contributed by atoms with Crippen molar-refractivity contribution in [3.63, 3.8) is 0 Å². The molecule has 0 bridgehead atoms. The van der Waals surface area contributed by atoms with E-state index < -0.39 is 6.04 Å². The van der Waals surface area contributed by atoms with Crippen LogP contribution in [0.15, 0.2) is 18.3 Å². The molecule has 0 aliphatic carbocycles. The van der Waals surface area contributed by atoms with Gasteiger partial charge < -0.3 is 24.0 Å². The molecule has 136 valence electrons. The minimum absolute atomic E-state index is 0.0109. The van der Waals surface area contributed by atoms with Crippen LogP contribution in [0.2, 0.25) is 0 Å². The summed E-state index contributed by atoms with van der Waals surface area (Å²) < 4.78 is 21.7. The predicted molar refractivity (Wildman–Crippen MR) is 89.9 cm³/mol. The molecule has 3 rings (SSSR count). The summed E-state index contributed by atoms with van der Waals surface area (Å²) in [4.78, 5) is 16.3. The highest BCUT2D eigenvalue weighted by atomic mass is 16.6. The number of rotatable bonds is 7. The average molecular weight is 349 g/mol. The quantitative estimate of drug-likeness (QED) is 0.730. The number of nitrogens with one attached hydrogen (secondary N) is 1. The minimum atomic E-state index is -0.536. The number of pyridine rings is 1. The van der Waals surface area contributed by atoms with Gasteiger partial charge in [0.1, 0.15) is 17.9 Å². The Morgan fingerprint density at radius 1 is 1.40 bits per heavy atom. The molecule has 1 aromatic rings. The zero-order valence-corrected chi connectivity index (χ0v) is 14.7. The molecule has 8 nitrogen and oxygen atoms in total. The smallest absolute Gasteiger partial charge is 0.329 e. The molecule has 0 spiro atoms. The number of nitrogens with zero attached hydrogens (tertiary/aromatic N) is 2. The molecule has 1 atom stereocenters. The zero-order valence-electron chi connectivity index (χ0n) is 14.7. The third kappa shape index (κ3) is 3.85. The SMILES string of the molecule is CCOC(=O)C1C=C(c2cnc(OCC)cc2OC2COC2)N(C)N1. The van der Waals surface area contributed by atoms with Crippen LogP contribution in [0, 0.1) is 0 Å². The lowest BCUT2D eigenvalue weighted by atomic mass is 10.1. The molecule has 1 saturated heterocycles. The van der Waals surface area contributed by atoms with Crippen LogP contribution in [0.5, 0.6) is 11.6 Å². The lowest BCUT2D eigenvalue weighted by Gasteiger charge is -2.28. The summed E-state index contributed by atoms with van der Waals surface area (Å²) in [5.74, 6) is 0.826. The second-order valence-corrected chi connectivity index (χ2v) is 5.70. The fourth-order valence-corrected chi connectivity index (χ4v) is 2.61. The number of aromatic nitrogens is 1. The minimum Gasteiger partial charge on any atom is -0.485 e. The first-order valence-corrected chi connectivity index (χ1v) is 8.38. The molecule has 2 aliphatic heterocycles. The molecule has 0 aromatic carbocycles. The van der Waals surface area contributed by atoms with Crippen molar-refractivity contribution >= 4 is 11.7 Å². The Bertz CT molecular complexity index is 660. The van der Waals surface area contributed by atoms with Gasteiger partial charge in [0, 0.05) is 19.3 Å². The molecule has 3 heterocycles. The molecule has 1 unspecified atom stereocenters. The van der Waals surface area contributed by atoms with Gasteiger partial charge in [0.2, 0.25) is 5.88 Å². The Balaban J connectivity index is 1.88. The summed E-state index contributed by atoms with van der Waals surface area (Å²) in [6.45, 7) is 5.66. The van der Waals surface area contributed by atoms with Crippen LogP contribution >= 0.6 is 0 Å². The first-order chi connectivity index (χ1) is 12.1. The molecule has 0 saturated carbocycles. The van der Waals surface area contributed by atoms with E-state index in [2.05, 4.69) is 10.4 Å². The van der Waals surface area contributed by atoms with Gasteiger partial charge in [0.05, 0.1) is 37.7 Å². The van der Waals surface area contributed by atoms with Crippen molar-refractivity contribution in [2.24, 2.45) is 0 Å². The maximum absolute atomic E-state index is 12.0. The monoisotopic (exact) mass is 349 g/mol. The highest BCUT2D eigenvalue weighted by Crippen LogP contribution is 2.33. The summed E-state index contributed by atoms with van der Waals surface area (Å²) in [6, 6.07) is 1.23. The fourth-order valence-electron chi connectivity index (χ4n) is 2.61. The largest absolute Gasteiger partial charge is 0.485 e. The second kappa shape index (κ2) is 7.71. The fraction of sp³-hybridized carbons (Fsp3) is 0.529. The van der Waals surface area contributed by atoms with Crippen molar-refractivity contribution in [3.8, 4) is 11.6 Å². The van der Waals surface area contributed by atoms with Gasteiger partial charge >= 0.3 is 5.97 Å². The van der Waals surface area contributed by atoms with Crippen LogP contribution in [0.3, 0.4) is 0 Å². The maximum Gasteiger partial charge on any atom is 0.329 e. The van der Waals surface area contributed by atoms with E-state index in [0.29, 0.717) is 38.1 Å². The van der Waals surface area contributed by atoms with Gasteiger partial charge in [0.25, 0.3) is 0 Å². The lowest BCUT2D eigenvalue weighted by molar-refractivity contribution is -0.144. The van der Waals surface area contributed by atoms with Gasteiger partial charge in [-0.15, -0.1) is 0 Å². The number of carbonyl (C=O) groups is 1. The van der Waals surface area contributed by atoms with Crippen molar-refractivity contribution in [2.45, 2.75) is 26.0 Å². The van der Waals surface area contributed by atoms with E-state index in [4.69, 9.17) is 18.9 Å². The van der Waals surface area contributed by atoms with Crippen LogP contribution in [0.1, 0.15) is 19.4 Å².